The summed E-state index contributed by atoms with van der Waals surface area (Å²) in [5.41, 5.74) is 4.20. The van der Waals surface area contributed by atoms with Gasteiger partial charge in [-0.3, -0.25) is 14.2 Å². The summed E-state index contributed by atoms with van der Waals surface area (Å²) in [6.45, 7) is 1.11. The largest absolute Gasteiger partial charge is 0.354 e. The number of carbonyl (C=O) groups excluding carboxylic acids is 2. The van der Waals surface area contributed by atoms with E-state index in [4.69, 9.17) is 0 Å². The molecular weight excluding hydrogens is 344 g/mol. The molecule has 2 amide bonds. The zero-order valence-corrected chi connectivity index (χ0v) is 15.2. The van der Waals surface area contributed by atoms with E-state index in [-0.39, 0.29) is 11.8 Å². The van der Waals surface area contributed by atoms with Crippen LogP contribution in [0.3, 0.4) is 0 Å². The Morgan fingerprint density at radius 1 is 1.15 bits per heavy atom. The van der Waals surface area contributed by atoms with Crippen LogP contribution < -0.4 is 5.32 Å². The monoisotopic (exact) mass is 364 g/mol. The van der Waals surface area contributed by atoms with Crippen molar-refractivity contribution in [3.05, 3.63) is 65.5 Å². The summed E-state index contributed by atoms with van der Waals surface area (Å²) < 4.78 is 3.64. The second-order valence-electron chi connectivity index (χ2n) is 6.54. The smallest absolute Gasteiger partial charge is 0.267 e. The number of aromatic nitrogens is 4. The summed E-state index contributed by atoms with van der Waals surface area (Å²) in [7, 11) is 3.48. The highest BCUT2D eigenvalue weighted by molar-refractivity contribution is 5.95. The molecule has 0 atom stereocenters. The maximum Gasteiger partial charge on any atom is 0.267 e. The van der Waals surface area contributed by atoms with E-state index < -0.39 is 0 Å². The molecule has 0 unspecified atom stereocenters. The molecule has 0 spiro atoms. The number of nitrogens with zero attached hydrogens (tertiary/aromatic N) is 5. The number of hydrogen-bond acceptors (Lipinski definition) is 4. The summed E-state index contributed by atoms with van der Waals surface area (Å²) >= 11 is 0. The Labute approximate surface area is 156 Å². The minimum absolute atomic E-state index is 0.0294. The van der Waals surface area contributed by atoms with Gasteiger partial charge in [-0.15, -0.1) is 10.2 Å². The lowest BCUT2D eigenvalue weighted by Gasteiger charge is -2.28. The first-order valence-corrected chi connectivity index (χ1v) is 8.72. The van der Waals surface area contributed by atoms with Gasteiger partial charge >= 0.3 is 0 Å². The number of benzene rings is 1. The van der Waals surface area contributed by atoms with Crippen LogP contribution in [-0.2, 0) is 20.0 Å². The maximum atomic E-state index is 13.0. The lowest BCUT2D eigenvalue weighted by Crippen LogP contribution is -2.36. The lowest BCUT2D eigenvalue weighted by atomic mass is 10.1. The molecule has 8 heteroatoms. The number of hydrogen-bond donors (Lipinski definition) is 1. The maximum absolute atomic E-state index is 13.0. The summed E-state index contributed by atoms with van der Waals surface area (Å²) in [5, 5.41) is 10.3. The first kappa shape index (κ1) is 17.0. The highest BCUT2D eigenvalue weighted by atomic mass is 16.2. The number of amides is 2. The Morgan fingerprint density at radius 2 is 1.93 bits per heavy atom. The third-order valence-corrected chi connectivity index (χ3v) is 5.00. The van der Waals surface area contributed by atoms with E-state index in [0.29, 0.717) is 24.3 Å². The summed E-state index contributed by atoms with van der Waals surface area (Å²) in [6.07, 6.45) is 3.93. The van der Waals surface area contributed by atoms with Crippen LogP contribution in [0.25, 0.3) is 5.69 Å². The molecule has 0 radical (unpaired) electrons. The molecule has 4 rings (SSSR count). The average Bonchev–Trinajstić information content (AvgIpc) is 3.35. The molecule has 27 heavy (non-hydrogen) atoms. The summed E-state index contributed by atoms with van der Waals surface area (Å²) in [4.78, 5) is 26.9. The van der Waals surface area contributed by atoms with Crippen molar-refractivity contribution in [2.75, 3.05) is 13.6 Å². The van der Waals surface area contributed by atoms with E-state index in [1.54, 1.807) is 24.3 Å². The second-order valence-corrected chi connectivity index (χ2v) is 6.54. The molecular formula is C19H20N6O2. The fourth-order valence-corrected chi connectivity index (χ4v) is 3.48. The van der Waals surface area contributed by atoms with Gasteiger partial charge in [-0.2, -0.15) is 0 Å². The van der Waals surface area contributed by atoms with Gasteiger partial charge in [-0.25, -0.2) is 0 Å². The summed E-state index contributed by atoms with van der Waals surface area (Å²) in [6, 6.07) is 9.32. The SMILES string of the molecule is CNC(=O)c1cc2c(n1C)CN(C(=O)c1cccc(-n3cnnc3)c1)CC2. The fraction of sp³-hybridized carbons (Fsp3) is 0.263. The van der Waals surface area contributed by atoms with Crippen LogP contribution in [0.2, 0.25) is 0 Å². The molecule has 138 valence electrons. The van der Waals surface area contributed by atoms with Crippen LogP contribution >= 0.6 is 0 Å². The van der Waals surface area contributed by atoms with Crippen molar-refractivity contribution in [2.45, 2.75) is 13.0 Å². The van der Waals surface area contributed by atoms with Gasteiger partial charge < -0.3 is 14.8 Å². The van der Waals surface area contributed by atoms with Crippen molar-refractivity contribution in [3.8, 4) is 5.69 Å². The van der Waals surface area contributed by atoms with E-state index in [9.17, 15) is 9.59 Å². The highest BCUT2D eigenvalue weighted by Crippen LogP contribution is 2.24. The molecule has 3 heterocycles. The average molecular weight is 364 g/mol. The molecule has 0 bridgehead atoms. The zero-order chi connectivity index (χ0) is 19.0. The van der Waals surface area contributed by atoms with Gasteiger partial charge in [0, 0.05) is 37.6 Å². The number of carbonyl (C=O) groups is 2. The van der Waals surface area contributed by atoms with Crippen LogP contribution in [0.4, 0.5) is 0 Å². The van der Waals surface area contributed by atoms with Gasteiger partial charge in [-0.05, 0) is 36.2 Å². The van der Waals surface area contributed by atoms with Crippen LogP contribution in [-0.4, -0.2) is 49.6 Å². The Bertz CT molecular complexity index is 1010. The van der Waals surface area contributed by atoms with E-state index in [1.807, 2.05) is 46.8 Å². The van der Waals surface area contributed by atoms with Gasteiger partial charge in [0.2, 0.25) is 0 Å². The minimum atomic E-state index is -0.119. The molecule has 8 nitrogen and oxygen atoms in total. The molecule has 1 aromatic carbocycles. The van der Waals surface area contributed by atoms with Crippen molar-refractivity contribution in [1.82, 2.24) is 29.5 Å². The highest BCUT2D eigenvalue weighted by Gasteiger charge is 2.26. The van der Waals surface area contributed by atoms with Gasteiger partial charge in [0.1, 0.15) is 18.3 Å². The third-order valence-electron chi connectivity index (χ3n) is 5.00. The Balaban J connectivity index is 1.59. The first-order valence-electron chi connectivity index (χ1n) is 8.72. The quantitative estimate of drug-likeness (QED) is 0.756. The molecule has 1 N–H and O–H groups in total. The topological polar surface area (TPSA) is 85.0 Å². The van der Waals surface area contributed by atoms with E-state index in [0.717, 1.165) is 23.4 Å². The molecule has 3 aromatic rings. The van der Waals surface area contributed by atoms with Gasteiger partial charge in [-0.1, -0.05) is 6.07 Å². The fourth-order valence-electron chi connectivity index (χ4n) is 3.48. The molecule has 2 aromatic heterocycles. The van der Waals surface area contributed by atoms with Gasteiger partial charge in [0.05, 0.1) is 6.54 Å². The van der Waals surface area contributed by atoms with E-state index in [2.05, 4.69) is 15.5 Å². The Kier molecular flexibility index (Phi) is 4.23. The van der Waals surface area contributed by atoms with Crippen molar-refractivity contribution >= 4 is 11.8 Å². The molecule has 1 aliphatic heterocycles. The van der Waals surface area contributed by atoms with E-state index >= 15 is 0 Å². The van der Waals surface area contributed by atoms with Crippen LogP contribution in [0.5, 0.6) is 0 Å². The number of rotatable bonds is 3. The standard InChI is InChI=1S/C19H20N6O2/c1-20-18(26)16-9-13-6-7-24(10-17(13)23(16)2)19(27)14-4-3-5-15(8-14)25-11-21-22-12-25/h3-5,8-9,11-12H,6-7,10H2,1-2H3,(H,20,26). The predicted molar refractivity (Wildman–Crippen MR) is 98.6 cm³/mol. The van der Waals surface area contributed by atoms with Gasteiger partial charge in [0.15, 0.2) is 0 Å². The Hall–Kier alpha value is -3.42. The van der Waals surface area contributed by atoms with Crippen LogP contribution in [0.1, 0.15) is 32.1 Å². The van der Waals surface area contributed by atoms with Gasteiger partial charge in [0.25, 0.3) is 11.8 Å². The first-order chi connectivity index (χ1) is 13.1. The molecule has 0 saturated heterocycles. The molecule has 0 saturated carbocycles. The Morgan fingerprint density at radius 3 is 2.67 bits per heavy atom. The van der Waals surface area contributed by atoms with Crippen LogP contribution in [0, 0.1) is 0 Å². The van der Waals surface area contributed by atoms with Crippen molar-refractivity contribution in [1.29, 1.82) is 0 Å². The third kappa shape index (κ3) is 2.99. The zero-order valence-electron chi connectivity index (χ0n) is 15.2. The van der Waals surface area contributed by atoms with Crippen molar-refractivity contribution in [3.63, 3.8) is 0 Å². The predicted octanol–water partition coefficient (Wildman–Crippen LogP) is 1.16. The van der Waals surface area contributed by atoms with Crippen molar-refractivity contribution in [2.24, 2.45) is 7.05 Å². The minimum Gasteiger partial charge on any atom is -0.354 e. The lowest BCUT2D eigenvalue weighted by molar-refractivity contribution is 0.0730. The number of nitrogens with one attached hydrogen (secondary N) is 1. The van der Waals surface area contributed by atoms with Crippen molar-refractivity contribution < 1.29 is 9.59 Å². The normalized spacial score (nSPS) is 13.3. The second kappa shape index (κ2) is 6.71. The molecule has 0 aliphatic carbocycles. The summed E-state index contributed by atoms with van der Waals surface area (Å²) in [5.74, 6) is -0.148. The molecule has 1 aliphatic rings. The number of fused-ring (bicyclic) bond motifs is 1. The molecule has 0 fully saturated rings. The van der Waals surface area contributed by atoms with E-state index in [1.165, 1.54) is 0 Å². The van der Waals surface area contributed by atoms with Crippen LogP contribution in [0.15, 0.2) is 43.0 Å².